The van der Waals surface area contributed by atoms with Crippen LogP contribution in [0, 0.1) is 5.82 Å². The highest BCUT2D eigenvalue weighted by Crippen LogP contribution is 2.28. The number of allylic oxidation sites excluding steroid dienone is 2. The largest absolute Gasteiger partial charge is 0.345 e. The molecule has 0 saturated carbocycles. The fourth-order valence-corrected chi connectivity index (χ4v) is 4.50. The third kappa shape index (κ3) is 3.91. The molecule has 2 N–H and O–H groups in total. The Labute approximate surface area is 175 Å². The van der Waals surface area contributed by atoms with Crippen LogP contribution in [0.3, 0.4) is 0 Å². The van der Waals surface area contributed by atoms with E-state index < -0.39 is 33.5 Å². The van der Waals surface area contributed by atoms with Crippen molar-refractivity contribution in [3.63, 3.8) is 0 Å². The van der Waals surface area contributed by atoms with Crippen LogP contribution >= 0.6 is 11.6 Å². The molecule has 10 heteroatoms. The number of aromatic nitrogens is 2. The van der Waals surface area contributed by atoms with E-state index in [1.54, 1.807) is 0 Å². The first-order chi connectivity index (χ1) is 14.2. The van der Waals surface area contributed by atoms with Gasteiger partial charge in [-0.1, -0.05) is 17.7 Å². The maximum absolute atomic E-state index is 14.4. The molecule has 1 aliphatic rings. The van der Waals surface area contributed by atoms with Gasteiger partial charge in [-0.3, -0.25) is 4.79 Å². The molecule has 1 atom stereocenters. The predicted octanol–water partition coefficient (Wildman–Crippen LogP) is 4.07. The Hall–Kier alpha value is -2.88. The number of carbonyl (C=O) groups is 1. The number of halogens is 3. The van der Waals surface area contributed by atoms with E-state index in [2.05, 4.69) is 14.7 Å². The molecule has 2 heterocycles. The summed E-state index contributed by atoms with van der Waals surface area (Å²) in [7, 11) is -4.00. The summed E-state index contributed by atoms with van der Waals surface area (Å²) >= 11 is 5.94. The van der Waals surface area contributed by atoms with E-state index in [1.807, 2.05) is 0 Å². The molecule has 0 amide bonds. The molecule has 4 rings (SSSR count). The second kappa shape index (κ2) is 7.75. The minimum atomic E-state index is -4.00. The van der Waals surface area contributed by atoms with Crippen molar-refractivity contribution in [2.45, 2.75) is 17.4 Å². The fourth-order valence-electron chi connectivity index (χ4n) is 3.15. The van der Waals surface area contributed by atoms with Gasteiger partial charge in [-0.2, -0.15) is 0 Å². The summed E-state index contributed by atoms with van der Waals surface area (Å²) in [5.41, 5.74) is 0.308. The molecule has 0 saturated heterocycles. The maximum Gasteiger partial charge on any atom is 0.241 e. The Morgan fingerprint density at radius 1 is 1.23 bits per heavy atom. The number of nitrogens with one attached hydrogen (secondary N) is 2. The van der Waals surface area contributed by atoms with Crippen molar-refractivity contribution in [3.05, 3.63) is 82.7 Å². The molecule has 0 bridgehead atoms. The molecule has 3 aromatic rings. The molecule has 0 radical (unpaired) electrons. The average Bonchev–Trinajstić information content (AvgIpc) is 3.12. The lowest BCUT2D eigenvalue weighted by atomic mass is 9.95. The van der Waals surface area contributed by atoms with Crippen molar-refractivity contribution in [1.82, 2.24) is 14.7 Å². The number of rotatable bonds is 5. The van der Waals surface area contributed by atoms with Gasteiger partial charge in [0.25, 0.3) is 0 Å². The van der Waals surface area contributed by atoms with Crippen LogP contribution in [0.4, 0.5) is 8.78 Å². The van der Waals surface area contributed by atoms with E-state index in [4.69, 9.17) is 11.6 Å². The molecular formula is C20H14ClF2N3O3S. The van der Waals surface area contributed by atoms with E-state index in [9.17, 15) is 22.0 Å². The van der Waals surface area contributed by atoms with Crippen LogP contribution in [0.5, 0.6) is 0 Å². The highest BCUT2D eigenvalue weighted by atomic mass is 35.5. The summed E-state index contributed by atoms with van der Waals surface area (Å²) < 4.78 is 54.9. The van der Waals surface area contributed by atoms with Crippen LogP contribution in [-0.4, -0.2) is 30.2 Å². The topological polar surface area (TPSA) is 91.9 Å². The molecule has 2 aromatic heterocycles. The molecule has 0 aliphatic heterocycles. The van der Waals surface area contributed by atoms with E-state index in [0.29, 0.717) is 16.1 Å². The first-order valence-electron chi connectivity index (χ1n) is 8.78. The Morgan fingerprint density at radius 3 is 2.70 bits per heavy atom. The van der Waals surface area contributed by atoms with Gasteiger partial charge in [-0.15, -0.1) is 0 Å². The molecule has 6 nitrogen and oxygen atoms in total. The van der Waals surface area contributed by atoms with Gasteiger partial charge >= 0.3 is 0 Å². The second-order valence-electron chi connectivity index (χ2n) is 6.63. The first-order valence-corrected chi connectivity index (χ1v) is 10.6. The van der Waals surface area contributed by atoms with E-state index in [0.717, 1.165) is 30.3 Å². The summed E-state index contributed by atoms with van der Waals surface area (Å²) in [6, 6.07) is 4.97. The predicted molar refractivity (Wildman–Crippen MR) is 108 cm³/mol. The second-order valence-corrected chi connectivity index (χ2v) is 8.78. The fraction of sp³-hybridized carbons (Fsp3) is 0.100. The number of fused-ring (bicyclic) bond motifs is 1. The molecule has 30 heavy (non-hydrogen) atoms. The number of hydrogen-bond acceptors (Lipinski definition) is 4. The van der Waals surface area contributed by atoms with Crippen LogP contribution < -0.4 is 4.72 Å². The highest BCUT2D eigenvalue weighted by Gasteiger charge is 2.27. The van der Waals surface area contributed by atoms with Gasteiger partial charge in [0.2, 0.25) is 10.0 Å². The molecular weight excluding hydrogens is 436 g/mol. The number of hydrogen-bond donors (Lipinski definition) is 2. The van der Waals surface area contributed by atoms with Crippen LogP contribution in [0.2, 0.25) is 5.02 Å². The Balaban J connectivity index is 1.64. The van der Waals surface area contributed by atoms with Crippen LogP contribution in [-0.2, 0) is 10.0 Å². The van der Waals surface area contributed by atoms with Crippen molar-refractivity contribution >= 4 is 38.4 Å². The van der Waals surface area contributed by atoms with Gasteiger partial charge in [-0.05, 0) is 42.8 Å². The number of H-pyrrole nitrogens is 1. The molecule has 0 spiro atoms. The lowest BCUT2D eigenvalue weighted by Gasteiger charge is -2.19. The molecule has 1 aliphatic carbocycles. The van der Waals surface area contributed by atoms with Gasteiger partial charge in [0.1, 0.15) is 17.3 Å². The zero-order valence-electron chi connectivity index (χ0n) is 15.2. The van der Waals surface area contributed by atoms with E-state index in [1.165, 1.54) is 24.5 Å². The maximum atomic E-state index is 14.4. The van der Waals surface area contributed by atoms with Crippen molar-refractivity contribution in [2.24, 2.45) is 0 Å². The standard InChI is InChI=1S/C20H14ClF2N3O3S/c21-11-7-15-17(10-25-20(15)24-9-11)19(27)16-8-13(3-6-18(16)23)26-30(28,29)14-4-1-12(22)2-5-14/h1-2,4-10,13,26H,3H2,(H,24,25). The number of sulfonamides is 1. The number of pyridine rings is 1. The zero-order valence-corrected chi connectivity index (χ0v) is 16.8. The normalized spacial score (nSPS) is 17.0. The number of nitrogens with zero attached hydrogens (tertiary/aromatic N) is 1. The highest BCUT2D eigenvalue weighted by molar-refractivity contribution is 7.89. The summed E-state index contributed by atoms with van der Waals surface area (Å²) in [5.74, 6) is -1.95. The minimum Gasteiger partial charge on any atom is -0.345 e. The monoisotopic (exact) mass is 449 g/mol. The van der Waals surface area contributed by atoms with E-state index >= 15 is 0 Å². The van der Waals surface area contributed by atoms with Gasteiger partial charge in [0.15, 0.2) is 5.78 Å². The summed E-state index contributed by atoms with van der Waals surface area (Å²) in [5, 5.41) is 0.741. The summed E-state index contributed by atoms with van der Waals surface area (Å²) in [6.07, 6.45) is 5.21. The number of benzene rings is 1. The number of Topliss-reactive ketones (excluding diaryl/α,β-unsaturated/α-hetero) is 1. The van der Waals surface area contributed by atoms with Crippen LogP contribution in [0.1, 0.15) is 16.8 Å². The average molecular weight is 450 g/mol. The van der Waals surface area contributed by atoms with Gasteiger partial charge in [-0.25, -0.2) is 26.9 Å². The van der Waals surface area contributed by atoms with Gasteiger partial charge in [0, 0.05) is 29.4 Å². The van der Waals surface area contributed by atoms with Crippen molar-refractivity contribution in [3.8, 4) is 0 Å². The number of aromatic amines is 1. The Kier molecular flexibility index (Phi) is 5.27. The molecule has 154 valence electrons. The number of ketones is 1. The van der Waals surface area contributed by atoms with Gasteiger partial charge < -0.3 is 4.98 Å². The SMILES string of the molecule is O=C(C1=CC(NS(=O)(=O)c2ccc(F)cc2)CC=C1F)c1c[nH]c2ncc(Cl)cc12. The Bertz CT molecular complexity index is 1310. The lowest BCUT2D eigenvalue weighted by molar-refractivity contribution is 0.103. The first kappa shape index (κ1) is 20.4. The van der Waals surface area contributed by atoms with Crippen molar-refractivity contribution < 1.29 is 22.0 Å². The van der Waals surface area contributed by atoms with E-state index in [-0.39, 0.29) is 22.5 Å². The zero-order chi connectivity index (χ0) is 21.5. The minimum absolute atomic E-state index is 0.0182. The molecule has 1 aromatic carbocycles. The third-order valence-electron chi connectivity index (χ3n) is 4.59. The van der Waals surface area contributed by atoms with Gasteiger partial charge in [0.05, 0.1) is 15.5 Å². The van der Waals surface area contributed by atoms with Crippen molar-refractivity contribution in [1.29, 1.82) is 0 Å². The third-order valence-corrected chi connectivity index (χ3v) is 6.31. The quantitative estimate of drug-likeness (QED) is 0.574. The Morgan fingerprint density at radius 2 is 1.97 bits per heavy atom. The molecule has 1 unspecified atom stereocenters. The van der Waals surface area contributed by atoms with Crippen LogP contribution in [0.25, 0.3) is 11.0 Å². The van der Waals surface area contributed by atoms with Crippen molar-refractivity contribution in [2.75, 3.05) is 0 Å². The smallest absolute Gasteiger partial charge is 0.241 e. The lowest BCUT2D eigenvalue weighted by Crippen LogP contribution is -2.35. The molecule has 0 fully saturated rings. The summed E-state index contributed by atoms with van der Waals surface area (Å²) in [4.78, 5) is 19.7. The number of carbonyl (C=O) groups excluding carboxylic acids is 1. The van der Waals surface area contributed by atoms with Crippen LogP contribution in [0.15, 0.2) is 71.2 Å². The summed E-state index contributed by atoms with van der Waals surface area (Å²) in [6.45, 7) is 0.